The van der Waals surface area contributed by atoms with E-state index in [-0.39, 0.29) is 23.8 Å². The van der Waals surface area contributed by atoms with Crippen molar-refractivity contribution in [3.8, 4) is 0 Å². The van der Waals surface area contributed by atoms with E-state index in [1.54, 1.807) is 6.07 Å². The number of halogens is 2. The van der Waals surface area contributed by atoms with Gasteiger partial charge in [-0.25, -0.2) is 4.39 Å². The summed E-state index contributed by atoms with van der Waals surface area (Å²) in [6.07, 6.45) is 0.925. The Morgan fingerprint density at radius 3 is 2.86 bits per heavy atom. The Kier molecular flexibility index (Phi) is 2.28. The van der Waals surface area contributed by atoms with Crippen molar-refractivity contribution in [3.05, 3.63) is 34.6 Å². The molecule has 1 aromatic rings. The molecule has 0 saturated heterocycles. The van der Waals surface area contributed by atoms with Crippen LogP contribution in [0, 0.1) is 11.7 Å². The summed E-state index contributed by atoms with van der Waals surface area (Å²) in [6.45, 7) is 2.22. The molecule has 1 saturated carbocycles. The van der Waals surface area contributed by atoms with Crippen LogP contribution in [0.1, 0.15) is 18.9 Å². The van der Waals surface area contributed by atoms with Gasteiger partial charge in [0.2, 0.25) is 0 Å². The van der Waals surface area contributed by atoms with Crippen LogP contribution in [-0.2, 0) is 5.41 Å². The van der Waals surface area contributed by atoms with E-state index in [0.29, 0.717) is 5.02 Å². The third-order valence-electron chi connectivity index (χ3n) is 3.18. The molecule has 1 aliphatic rings. The van der Waals surface area contributed by atoms with Gasteiger partial charge in [-0.15, -0.1) is 0 Å². The topological polar surface area (TPSA) is 20.2 Å². The molecule has 2 rings (SSSR count). The Labute approximate surface area is 87.5 Å². The number of hydrogen-bond donors (Lipinski definition) is 1. The van der Waals surface area contributed by atoms with E-state index in [9.17, 15) is 4.39 Å². The molecule has 0 aromatic heterocycles. The molecule has 2 atom stereocenters. The van der Waals surface area contributed by atoms with Crippen molar-refractivity contribution >= 4 is 11.6 Å². The van der Waals surface area contributed by atoms with Gasteiger partial charge in [0.15, 0.2) is 0 Å². The SMILES string of the molecule is CC1(c2ccc(F)cc2Cl)CC1CO. The number of benzene rings is 1. The molecule has 2 unspecified atom stereocenters. The predicted molar refractivity (Wildman–Crippen MR) is 54.0 cm³/mol. The van der Waals surface area contributed by atoms with E-state index in [2.05, 4.69) is 0 Å². The third-order valence-corrected chi connectivity index (χ3v) is 3.49. The van der Waals surface area contributed by atoms with Crippen LogP contribution in [0.15, 0.2) is 18.2 Å². The average Bonchev–Trinajstić information content (AvgIpc) is 2.77. The Hall–Kier alpha value is -0.600. The van der Waals surface area contributed by atoms with Crippen molar-refractivity contribution in [2.45, 2.75) is 18.8 Å². The quantitative estimate of drug-likeness (QED) is 0.803. The fourth-order valence-electron chi connectivity index (χ4n) is 2.00. The lowest BCUT2D eigenvalue weighted by Gasteiger charge is -2.12. The first-order chi connectivity index (χ1) is 6.58. The van der Waals surface area contributed by atoms with Crippen LogP contribution in [0.4, 0.5) is 4.39 Å². The first-order valence-corrected chi connectivity index (χ1v) is 5.02. The first kappa shape index (κ1) is 9.94. The smallest absolute Gasteiger partial charge is 0.124 e. The Bertz CT molecular complexity index is 366. The van der Waals surface area contributed by atoms with Crippen LogP contribution < -0.4 is 0 Å². The summed E-state index contributed by atoms with van der Waals surface area (Å²) >= 11 is 5.95. The highest BCUT2D eigenvalue weighted by atomic mass is 35.5. The summed E-state index contributed by atoms with van der Waals surface area (Å²) in [6, 6.07) is 4.46. The Morgan fingerprint density at radius 1 is 1.64 bits per heavy atom. The zero-order chi connectivity index (χ0) is 10.3. The van der Waals surface area contributed by atoms with Gasteiger partial charge in [-0.3, -0.25) is 0 Å². The highest BCUT2D eigenvalue weighted by Crippen LogP contribution is 2.55. The maximum Gasteiger partial charge on any atom is 0.124 e. The van der Waals surface area contributed by atoms with E-state index in [1.807, 2.05) is 6.92 Å². The monoisotopic (exact) mass is 214 g/mol. The first-order valence-electron chi connectivity index (χ1n) is 4.64. The van der Waals surface area contributed by atoms with Gasteiger partial charge in [0, 0.05) is 11.6 Å². The predicted octanol–water partition coefficient (Wildman–Crippen LogP) is 2.75. The summed E-state index contributed by atoms with van der Waals surface area (Å²) < 4.78 is 12.8. The number of aliphatic hydroxyl groups excluding tert-OH is 1. The standard InChI is InChI=1S/C11H12ClFO/c1-11(5-7(11)6-14)9-3-2-8(13)4-10(9)12/h2-4,7,14H,5-6H2,1H3. The normalized spacial score (nSPS) is 30.4. The fraction of sp³-hybridized carbons (Fsp3) is 0.455. The molecular weight excluding hydrogens is 203 g/mol. The lowest BCUT2D eigenvalue weighted by molar-refractivity contribution is 0.265. The second-order valence-corrected chi connectivity index (χ2v) is 4.53. The van der Waals surface area contributed by atoms with Gasteiger partial charge in [-0.05, 0) is 35.4 Å². The van der Waals surface area contributed by atoms with Gasteiger partial charge < -0.3 is 5.11 Å². The Balaban J connectivity index is 2.34. The highest BCUT2D eigenvalue weighted by Gasteiger charge is 2.51. The minimum absolute atomic E-state index is 0.0560. The second-order valence-electron chi connectivity index (χ2n) is 4.13. The van der Waals surface area contributed by atoms with Crippen molar-refractivity contribution < 1.29 is 9.50 Å². The summed E-state index contributed by atoms with van der Waals surface area (Å²) in [7, 11) is 0. The maximum absolute atomic E-state index is 12.8. The van der Waals surface area contributed by atoms with E-state index >= 15 is 0 Å². The molecule has 1 N–H and O–H groups in total. The molecule has 14 heavy (non-hydrogen) atoms. The zero-order valence-electron chi connectivity index (χ0n) is 7.93. The minimum Gasteiger partial charge on any atom is -0.396 e. The number of hydrogen-bond acceptors (Lipinski definition) is 1. The molecule has 3 heteroatoms. The molecule has 0 aliphatic heterocycles. The van der Waals surface area contributed by atoms with Gasteiger partial charge in [-0.2, -0.15) is 0 Å². The van der Waals surface area contributed by atoms with E-state index in [0.717, 1.165) is 12.0 Å². The summed E-state index contributed by atoms with van der Waals surface area (Å²) in [5, 5.41) is 9.49. The molecule has 76 valence electrons. The lowest BCUT2D eigenvalue weighted by Crippen LogP contribution is -2.07. The second kappa shape index (κ2) is 3.21. The van der Waals surface area contributed by atoms with Crippen molar-refractivity contribution in [2.24, 2.45) is 5.92 Å². The highest BCUT2D eigenvalue weighted by molar-refractivity contribution is 6.31. The molecule has 0 bridgehead atoms. The van der Waals surface area contributed by atoms with E-state index in [1.165, 1.54) is 12.1 Å². The largest absolute Gasteiger partial charge is 0.396 e. The molecule has 0 amide bonds. The Morgan fingerprint density at radius 2 is 2.36 bits per heavy atom. The summed E-state index contributed by atoms with van der Waals surface area (Å²) in [5.74, 6) is -0.0472. The molecule has 0 spiro atoms. The van der Waals surface area contributed by atoms with Gasteiger partial charge >= 0.3 is 0 Å². The molecule has 1 aromatic carbocycles. The van der Waals surface area contributed by atoms with Gasteiger partial charge in [-0.1, -0.05) is 24.6 Å². The number of aliphatic hydroxyl groups is 1. The summed E-state index contributed by atoms with van der Waals surface area (Å²) in [5.41, 5.74) is 0.888. The molecular formula is C11H12ClFO. The third kappa shape index (κ3) is 1.43. The van der Waals surface area contributed by atoms with E-state index < -0.39 is 0 Å². The van der Waals surface area contributed by atoms with Crippen LogP contribution >= 0.6 is 11.6 Å². The van der Waals surface area contributed by atoms with Crippen LogP contribution in [0.25, 0.3) is 0 Å². The van der Waals surface area contributed by atoms with Gasteiger partial charge in [0.1, 0.15) is 5.82 Å². The lowest BCUT2D eigenvalue weighted by atomic mass is 9.95. The maximum atomic E-state index is 12.8. The minimum atomic E-state index is -0.316. The van der Waals surface area contributed by atoms with Crippen molar-refractivity contribution in [3.63, 3.8) is 0 Å². The average molecular weight is 215 g/mol. The van der Waals surface area contributed by atoms with Gasteiger partial charge in [0.05, 0.1) is 0 Å². The molecule has 0 radical (unpaired) electrons. The van der Waals surface area contributed by atoms with Crippen LogP contribution in [0.3, 0.4) is 0 Å². The van der Waals surface area contributed by atoms with Crippen LogP contribution in [0.2, 0.25) is 5.02 Å². The van der Waals surface area contributed by atoms with Crippen molar-refractivity contribution in [1.29, 1.82) is 0 Å². The number of rotatable bonds is 2. The molecule has 1 aliphatic carbocycles. The molecule has 1 nitrogen and oxygen atoms in total. The van der Waals surface area contributed by atoms with Crippen LogP contribution in [-0.4, -0.2) is 11.7 Å². The van der Waals surface area contributed by atoms with E-state index in [4.69, 9.17) is 16.7 Å². The molecule has 0 heterocycles. The fourth-order valence-corrected chi connectivity index (χ4v) is 2.38. The zero-order valence-corrected chi connectivity index (χ0v) is 8.68. The molecule has 1 fully saturated rings. The summed E-state index contributed by atoms with van der Waals surface area (Å²) in [4.78, 5) is 0. The van der Waals surface area contributed by atoms with Crippen molar-refractivity contribution in [2.75, 3.05) is 6.61 Å². The van der Waals surface area contributed by atoms with Crippen LogP contribution in [0.5, 0.6) is 0 Å². The van der Waals surface area contributed by atoms with Crippen molar-refractivity contribution in [1.82, 2.24) is 0 Å². The van der Waals surface area contributed by atoms with Gasteiger partial charge in [0.25, 0.3) is 0 Å².